The van der Waals surface area contributed by atoms with E-state index in [1.807, 2.05) is 0 Å². The van der Waals surface area contributed by atoms with Crippen molar-refractivity contribution in [1.82, 2.24) is 0 Å². The van der Waals surface area contributed by atoms with E-state index < -0.39 is 0 Å². The number of hydrogen-bond donors (Lipinski definition) is 0. The molecule has 2 aliphatic heterocycles. The highest BCUT2D eigenvalue weighted by atomic mass is 32.2. The molecular weight excluding hydrogens is 417 g/mol. The third-order valence-electron chi connectivity index (χ3n) is 8.24. The fourth-order valence-corrected chi connectivity index (χ4v) is 16.4. The summed E-state index contributed by atoms with van der Waals surface area (Å²) in [6.07, 6.45) is 11.6. The van der Waals surface area contributed by atoms with Crippen LogP contribution < -0.4 is 0 Å². The van der Waals surface area contributed by atoms with E-state index in [1.54, 1.807) is 19.6 Å². The third-order valence-corrected chi connectivity index (χ3v) is 16.3. The molecule has 2 spiro atoms. The predicted octanol–water partition coefficient (Wildman–Crippen LogP) is 8.31. The zero-order valence-corrected chi connectivity index (χ0v) is 19.2. The summed E-state index contributed by atoms with van der Waals surface area (Å²) in [6.45, 7) is 0. The van der Waals surface area contributed by atoms with Gasteiger partial charge in [-0.05, 0) is 49.9 Å². The highest BCUT2D eigenvalue weighted by molar-refractivity contribution is 8.28. The summed E-state index contributed by atoms with van der Waals surface area (Å²) in [5.41, 5.74) is 1.04. The van der Waals surface area contributed by atoms with Gasteiger partial charge in [-0.15, -0.1) is 47.0 Å². The summed E-state index contributed by atoms with van der Waals surface area (Å²) in [7, 11) is 0. The van der Waals surface area contributed by atoms with Crippen LogP contribution in [0, 0.1) is 10.8 Å². The highest BCUT2D eigenvalue weighted by Crippen LogP contribution is 2.95. The lowest BCUT2D eigenvalue weighted by atomic mass is 9.38. The normalized spacial score (nSPS) is 35.7. The highest BCUT2D eigenvalue weighted by Gasteiger charge is 2.89. The van der Waals surface area contributed by atoms with Crippen molar-refractivity contribution >= 4 is 47.0 Å². The second kappa shape index (κ2) is 5.75. The van der Waals surface area contributed by atoms with Crippen molar-refractivity contribution in [2.75, 3.05) is 0 Å². The Kier molecular flexibility index (Phi) is 3.59. The minimum absolute atomic E-state index is 0.291. The van der Waals surface area contributed by atoms with E-state index in [4.69, 9.17) is 0 Å². The van der Waals surface area contributed by atoms with Crippen molar-refractivity contribution in [2.24, 2.45) is 10.8 Å². The van der Waals surface area contributed by atoms with Gasteiger partial charge in [0.2, 0.25) is 0 Å². The molecule has 3 saturated carbocycles. The van der Waals surface area contributed by atoms with Gasteiger partial charge in [-0.25, -0.2) is 0 Å². The average Bonchev–Trinajstić information content (AvgIpc) is 3.35. The van der Waals surface area contributed by atoms with Crippen LogP contribution >= 0.6 is 47.0 Å². The lowest BCUT2D eigenvalue weighted by molar-refractivity contribution is -0.155. The second-order valence-electron chi connectivity index (χ2n) is 9.11. The number of benzene rings is 2. The Bertz CT molecular complexity index is 839. The maximum absolute atomic E-state index is 2.38. The van der Waals surface area contributed by atoms with E-state index >= 15 is 0 Å². The van der Waals surface area contributed by atoms with Crippen LogP contribution in [0.3, 0.4) is 0 Å². The van der Waals surface area contributed by atoms with Crippen LogP contribution in [0.5, 0.6) is 0 Å². The van der Waals surface area contributed by atoms with Gasteiger partial charge in [-0.3, -0.25) is 0 Å². The van der Waals surface area contributed by atoms with E-state index in [2.05, 4.69) is 95.6 Å². The van der Waals surface area contributed by atoms with Gasteiger partial charge < -0.3 is 0 Å². The Morgan fingerprint density at radius 1 is 0.464 bits per heavy atom. The first-order valence-electron chi connectivity index (χ1n) is 10.7. The molecule has 2 aromatic carbocycles. The van der Waals surface area contributed by atoms with Gasteiger partial charge in [0.15, 0.2) is 0 Å². The molecule has 4 heteroatoms. The smallest absolute Gasteiger partial charge is 0.102 e. The van der Waals surface area contributed by atoms with Crippen LogP contribution in [0.4, 0.5) is 0 Å². The van der Waals surface area contributed by atoms with Crippen LogP contribution in [-0.2, 0) is 0 Å². The van der Waals surface area contributed by atoms with Gasteiger partial charge in [-0.1, -0.05) is 49.9 Å². The molecule has 2 heterocycles. The maximum atomic E-state index is 2.38. The van der Waals surface area contributed by atoms with E-state index in [9.17, 15) is 0 Å². The van der Waals surface area contributed by atoms with Crippen LogP contribution in [0.2, 0.25) is 0 Å². The molecule has 0 aromatic heterocycles. The fourth-order valence-electron chi connectivity index (χ4n) is 7.33. The topological polar surface area (TPSA) is 0 Å². The first-order chi connectivity index (χ1) is 13.8. The summed E-state index contributed by atoms with van der Waals surface area (Å²) in [6, 6.07) is 18.5. The van der Waals surface area contributed by atoms with Crippen molar-refractivity contribution in [3.05, 3.63) is 48.5 Å². The Morgan fingerprint density at radius 2 is 0.750 bits per heavy atom. The molecule has 7 rings (SSSR count). The molecule has 0 amide bonds. The van der Waals surface area contributed by atoms with Crippen LogP contribution in [0.1, 0.15) is 51.4 Å². The number of fused-ring (bicyclic) bond motifs is 3. The van der Waals surface area contributed by atoms with Gasteiger partial charge >= 0.3 is 0 Å². The lowest BCUT2D eigenvalue weighted by Gasteiger charge is -2.82. The molecular formula is C24H24S4. The van der Waals surface area contributed by atoms with Crippen molar-refractivity contribution in [1.29, 1.82) is 0 Å². The minimum atomic E-state index is 0.291. The summed E-state index contributed by atoms with van der Waals surface area (Å²) >= 11 is 9.08. The summed E-state index contributed by atoms with van der Waals surface area (Å²) in [5.74, 6) is 0. The molecule has 2 aromatic rings. The molecule has 0 atom stereocenters. The zero-order valence-electron chi connectivity index (χ0n) is 15.9. The molecule has 0 N–H and O–H groups in total. The molecule has 144 valence electrons. The molecule has 28 heavy (non-hydrogen) atoms. The first-order valence-corrected chi connectivity index (χ1v) is 14.0. The van der Waals surface area contributed by atoms with Crippen LogP contribution in [-0.4, -0.2) is 8.16 Å². The summed E-state index contributed by atoms with van der Waals surface area (Å²) in [4.78, 5) is 6.18. The minimum Gasteiger partial charge on any atom is -0.104 e. The second-order valence-corrected chi connectivity index (χ2v) is 14.7. The lowest BCUT2D eigenvalue weighted by Crippen LogP contribution is -2.82. The standard InChI is InChI=1S/C24H24S4/c1-2-10-18-17(9-1)25-23(26-18)21-13-5-7-15-22(21,16-8-6-14-21)24(23)27-19-11-3-4-12-20(19)28-24/h1-4,9-12H,5-8,13-16H2. The van der Waals surface area contributed by atoms with Gasteiger partial charge in [0, 0.05) is 30.4 Å². The zero-order chi connectivity index (χ0) is 18.5. The molecule has 0 bridgehead atoms. The molecule has 5 aliphatic rings. The van der Waals surface area contributed by atoms with Crippen LogP contribution in [0.15, 0.2) is 68.1 Å². The van der Waals surface area contributed by atoms with Crippen molar-refractivity contribution < 1.29 is 0 Å². The Hall–Kier alpha value is -0.160. The van der Waals surface area contributed by atoms with Crippen molar-refractivity contribution in [3.63, 3.8) is 0 Å². The van der Waals surface area contributed by atoms with E-state index in [0.29, 0.717) is 19.0 Å². The van der Waals surface area contributed by atoms with Gasteiger partial charge in [0.25, 0.3) is 0 Å². The number of rotatable bonds is 0. The van der Waals surface area contributed by atoms with E-state index in [1.165, 1.54) is 51.4 Å². The number of hydrogen-bond acceptors (Lipinski definition) is 4. The van der Waals surface area contributed by atoms with Crippen LogP contribution in [0.25, 0.3) is 0 Å². The number of thioether (sulfide) groups is 4. The largest absolute Gasteiger partial charge is 0.104 e. The van der Waals surface area contributed by atoms with Gasteiger partial charge in [0.1, 0.15) is 8.16 Å². The Balaban J connectivity index is 1.46. The van der Waals surface area contributed by atoms with Crippen molar-refractivity contribution in [3.8, 4) is 0 Å². The monoisotopic (exact) mass is 440 g/mol. The van der Waals surface area contributed by atoms with Gasteiger partial charge in [-0.2, -0.15) is 0 Å². The first kappa shape index (κ1) is 17.5. The molecule has 3 fully saturated rings. The summed E-state index contributed by atoms with van der Waals surface area (Å²) in [5, 5.41) is 0. The summed E-state index contributed by atoms with van der Waals surface area (Å²) < 4.78 is 0.581. The maximum Gasteiger partial charge on any atom is 0.102 e. The van der Waals surface area contributed by atoms with E-state index in [-0.39, 0.29) is 0 Å². The molecule has 0 radical (unpaired) electrons. The predicted molar refractivity (Wildman–Crippen MR) is 124 cm³/mol. The average molecular weight is 441 g/mol. The molecule has 0 saturated heterocycles. The molecule has 3 aliphatic carbocycles. The SMILES string of the molecule is c1ccc2c(c1)SC1(S2)C23CCCCC2(CCCC3)C12Sc1ccccc1S2. The molecule has 0 unspecified atom stereocenters. The fraction of sp³-hybridized carbons (Fsp3) is 0.500. The van der Waals surface area contributed by atoms with Crippen molar-refractivity contribution in [2.45, 2.75) is 79.1 Å². The quantitative estimate of drug-likeness (QED) is 0.404. The Morgan fingerprint density at radius 3 is 1.04 bits per heavy atom. The van der Waals surface area contributed by atoms with E-state index in [0.717, 1.165) is 0 Å². The third kappa shape index (κ3) is 1.74. The molecule has 0 nitrogen and oxygen atoms in total. The Labute approximate surface area is 184 Å². The van der Waals surface area contributed by atoms with Gasteiger partial charge in [0.05, 0.1) is 0 Å².